The molecule has 0 amide bonds. The second kappa shape index (κ2) is 6.84. The van der Waals surface area contributed by atoms with Gasteiger partial charge in [0, 0.05) is 14.2 Å². The van der Waals surface area contributed by atoms with Gasteiger partial charge in [-0.25, -0.2) is 13.1 Å². The Morgan fingerprint density at radius 3 is 2.22 bits per heavy atom. The summed E-state index contributed by atoms with van der Waals surface area (Å²) in [5, 5.41) is 0. The maximum absolute atomic E-state index is 11.9. The van der Waals surface area contributed by atoms with E-state index in [1.54, 1.807) is 31.2 Å². The average Bonchev–Trinajstić information content (AvgIpc) is 2.30. The first-order valence-corrected chi connectivity index (χ1v) is 7.23. The van der Waals surface area contributed by atoms with Crippen LogP contribution in [0.15, 0.2) is 30.3 Å². The van der Waals surface area contributed by atoms with Crippen LogP contribution in [0.2, 0.25) is 0 Å². The Morgan fingerprint density at radius 2 is 1.72 bits per heavy atom. The molecule has 1 unspecified atom stereocenters. The van der Waals surface area contributed by atoms with E-state index in [0.717, 1.165) is 5.56 Å². The van der Waals surface area contributed by atoms with Crippen molar-refractivity contribution < 1.29 is 17.9 Å². The van der Waals surface area contributed by atoms with Crippen LogP contribution in [0.3, 0.4) is 0 Å². The van der Waals surface area contributed by atoms with Crippen molar-refractivity contribution in [3.05, 3.63) is 35.9 Å². The smallest absolute Gasteiger partial charge is 0.216 e. The van der Waals surface area contributed by atoms with E-state index in [0.29, 0.717) is 0 Å². The van der Waals surface area contributed by atoms with Crippen LogP contribution >= 0.6 is 0 Å². The van der Waals surface area contributed by atoms with Gasteiger partial charge in [-0.05, 0) is 12.5 Å². The molecular weight excluding hydrogens is 254 g/mol. The Labute approximate surface area is 108 Å². The highest BCUT2D eigenvalue weighted by atomic mass is 32.2. The highest BCUT2D eigenvalue weighted by Gasteiger charge is 2.22. The Balaban J connectivity index is 2.65. The van der Waals surface area contributed by atoms with Crippen LogP contribution in [0.1, 0.15) is 12.5 Å². The lowest BCUT2D eigenvalue weighted by atomic mass is 10.2. The topological polar surface area (TPSA) is 64.6 Å². The standard InChI is InChI=1S/C12H19NO4S/c1-10(12(16-2)17-3)13-18(14,15)9-11-7-5-4-6-8-11/h4-8,10,12-13H,9H2,1-3H3. The molecular formula is C12H19NO4S. The summed E-state index contributed by atoms with van der Waals surface area (Å²) in [5.74, 6) is -0.0572. The first kappa shape index (κ1) is 15.1. The molecule has 0 aliphatic carbocycles. The van der Waals surface area contributed by atoms with Gasteiger partial charge >= 0.3 is 0 Å². The van der Waals surface area contributed by atoms with Crippen molar-refractivity contribution in [3.63, 3.8) is 0 Å². The van der Waals surface area contributed by atoms with Gasteiger partial charge in [0.15, 0.2) is 6.29 Å². The van der Waals surface area contributed by atoms with Gasteiger partial charge in [0.25, 0.3) is 0 Å². The number of ether oxygens (including phenoxy) is 2. The molecule has 1 atom stereocenters. The molecule has 0 aliphatic heterocycles. The summed E-state index contributed by atoms with van der Waals surface area (Å²) in [4.78, 5) is 0. The minimum Gasteiger partial charge on any atom is -0.354 e. The number of hydrogen-bond acceptors (Lipinski definition) is 4. The maximum Gasteiger partial charge on any atom is 0.216 e. The predicted octanol–water partition coefficient (Wildman–Crippen LogP) is 1.11. The van der Waals surface area contributed by atoms with Gasteiger partial charge in [0.1, 0.15) is 0 Å². The summed E-state index contributed by atoms with van der Waals surface area (Å²) >= 11 is 0. The van der Waals surface area contributed by atoms with Gasteiger partial charge < -0.3 is 9.47 Å². The van der Waals surface area contributed by atoms with Crippen LogP contribution in [-0.2, 0) is 25.2 Å². The van der Waals surface area contributed by atoms with Crippen LogP contribution in [0.5, 0.6) is 0 Å². The highest BCUT2D eigenvalue weighted by Crippen LogP contribution is 2.07. The van der Waals surface area contributed by atoms with E-state index in [1.165, 1.54) is 14.2 Å². The van der Waals surface area contributed by atoms with Crippen molar-refractivity contribution in [1.82, 2.24) is 4.72 Å². The van der Waals surface area contributed by atoms with Crippen molar-refractivity contribution in [1.29, 1.82) is 0 Å². The number of hydrogen-bond donors (Lipinski definition) is 1. The SMILES string of the molecule is COC(OC)C(C)NS(=O)(=O)Cc1ccccc1. The third kappa shape index (κ3) is 4.73. The quantitative estimate of drug-likeness (QED) is 0.756. The lowest BCUT2D eigenvalue weighted by Crippen LogP contribution is -2.43. The number of nitrogens with one attached hydrogen (secondary N) is 1. The molecule has 0 radical (unpaired) electrons. The molecule has 0 spiro atoms. The van der Waals surface area contributed by atoms with E-state index in [4.69, 9.17) is 9.47 Å². The van der Waals surface area contributed by atoms with E-state index in [1.807, 2.05) is 6.07 Å². The van der Waals surface area contributed by atoms with Crippen LogP contribution in [-0.4, -0.2) is 35.0 Å². The lowest BCUT2D eigenvalue weighted by molar-refractivity contribution is -0.115. The van der Waals surface area contributed by atoms with Gasteiger partial charge in [-0.3, -0.25) is 0 Å². The monoisotopic (exact) mass is 273 g/mol. The molecule has 1 N–H and O–H groups in total. The second-order valence-electron chi connectivity index (χ2n) is 3.99. The van der Waals surface area contributed by atoms with Crippen molar-refractivity contribution >= 4 is 10.0 Å². The Hall–Kier alpha value is -0.950. The van der Waals surface area contributed by atoms with Gasteiger partial charge in [-0.2, -0.15) is 0 Å². The molecule has 102 valence electrons. The first-order chi connectivity index (χ1) is 8.48. The van der Waals surface area contributed by atoms with Crippen LogP contribution in [0.25, 0.3) is 0 Å². The molecule has 0 aromatic heterocycles. The molecule has 5 nitrogen and oxygen atoms in total. The largest absolute Gasteiger partial charge is 0.354 e. The van der Waals surface area contributed by atoms with Crippen LogP contribution in [0, 0.1) is 0 Å². The minimum atomic E-state index is -3.41. The fourth-order valence-corrected chi connectivity index (χ4v) is 3.07. The third-order valence-electron chi connectivity index (χ3n) is 2.44. The van der Waals surface area contributed by atoms with Crippen molar-refractivity contribution in [2.45, 2.75) is 25.0 Å². The molecule has 0 aliphatic rings. The van der Waals surface area contributed by atoms with Crippen molar-refractivity contribution in [2.24, 2.45) is 0 Å². The third-order valence-corrected chi connectivity index (χ3v) is 3.88. The highest BCUT2D eigenvalue weighted by molar-refractivity contribution is 7.88. The normalized spacial score (nSPS) is 13.8. The summed E-state index contributed by atoms with van der Waals surface area (Å²) in [6.45, 7) is 1.69. The van der Waals surface area contributed by atoms with Gasteiger partial charge in [-0.15, -0.1) is 0 Å². The van der Waals surface area contributed by atoms with Crippen LogP contribution < -0.4 is 4.72 Å². The molecule has 6 heteroatoms. The van der Waals surface area contributed by atoms with Gasteiger partial charge in [0.2, 0.25) is 10.0 Å². The molecule has 1 aromatic carbocycles. The van der Waals surface area contributed by atoms with Gasteiger partial charge in [0.05, 0.1) is 11.8 Å². The molecule has 0 bridgehead atoms. The second-order valence-corrected chi connectivity index (χ2v) is 5.74. The molecule has 1 aromatic rings. The number of rotatable bonds is 7. The van der Waals surface area contributed by atoms with E-state index in [-0.39, 0.29) is 5.75 Å². The molecule has 0 saturated carbocycles. The zero-order valence-corrected chi connectivity index (χ0v) is 11.6. The molecule has 1 rings (SSSR count). The fourth-order valence-electron chi connectivity index (χ4n) is 1.68. The van der Waals surface area contributed by atoms with E-state index in [2.05, 4.69) is 4.72 Å². The average molecular weight is 273 g/mol. The summed E-state index contributed by atoms with van der Waals surface area (Å²) in [6.07, 6.45) is -0.601. The first-order valence-electron chi connectivity index (χ1n) is 5.58. The molecule has 0 saturated heterocycles. The summed E-state index contributed by atoms with van der Waals surface area (Å²) < 4.78 is 36.4. The summed E-state index contributed by atoms with van der Waals surface area (Å²) in [5.41, 5.74) is 0.739. The zero-order valence-electron chi connectivity index (χ0n) is 10.8. The number of sulfonamides is 1. The van der Waals surface area contributed by atoms with Gasteiger partial charge in [-0.1, -0.05) is 30.3 Å². The molecule has 0 heterocycles. The summed E-state index contributed by atoms with van der Waals surface area (Å²) in [6, 6.07) is 8.55. The summed E-state index contributed by atoms with van der Waals surface area (Å²) in [7, 11) is -0.472. The fraction of sp³-hybridized carbons (Fsp3) is 0.500. The number of benzene rings is 1. The van der Waals surface area contributed by atoms with E-state index < -0.39 is 22.4 Å². The van der Waals surface area contributed by atoms with E-state index in [9.17, 15) is 8.42 Å². The zero-order chi connectivity index (χ0) is 13.6. The maximum atomic E-state index is 11.9. The van der Waals surface area contributed by atoms with Crippen molar-refractivity contribution in [3.8, 4) is 0 Å². The Morgan fingerprint density at radius 1 is 1.17 bits per heavy atom. The lowest BCUT2D eigenvalue weighted by Gasteiger charge is -2.21. The molecule has 0 fully saturated rings. The Bertz CT molecular complexity index is 442. The van der Waals surface area contributed by atoms with Crippen molar-refractivity contribution in [2.75, 3.05) is 14.2 Å². The Kier molecular flexibility index (Phi) is 5.74. The van der Waals surface area contributed by atoms with E-state index >= 15 is 0 Å². The number of methoxy groups -OCH3 is 2. The predicted molar refractivity (Wildman–Crippen MR) is 69.5 cm³/mol. The van der Waals surface area contributed by atoms with Crippen LogP contribution in [0.4, 0.5) is 0 Å². The minimum absolute atomic E-state index is 0.0572. The molecule has 18 heavy (non-hydrogen) atoms.